The van der Waals surface area contributed by atoms with Crippen LogP contribution in [0.15, 0.2) is 87.0 Å². The Hall–Kier alpha value is -3.08. The largest absolute Gasteiger partial charge is 0.422 e. The van der Waals surface area contributed by atoms with Crippen LogP contribution in [0.1, 0.15) is 23.6 Å². The summed E-state index contributed by atoms with van der Waals surface area (Å²) in [6.07, 6.45) is 0.457. The lowest BCUT2D eigenvalue weighted by Gasteiger charge is -2.20. The van der Waals surface area contributed by atoms with Crippen LogP contribution in [-0.4, -0.2) is 5.71 Å². The Kier molecular flexibility index (Phi) is 4.81. The number of hydrogen-bond acceptors (Lipinski definition) is 4. The van der Waals surface area contributed by atoms with Gasteiger partial charge < -0.3 is 9.73 Å². The number of para-hydroxylation sites is 3. The van der Waals surface area contributed by atoms with E-state index in [4.69, 9.17) is 32.6 Å². The van der Waals surface area contributed by atoms with Crippen LogP contribution in [0.2, 0.25) is 10.0 Å². The number of fused-ring (bicyclic) bond motifs is 2. The highest BCUT2D eigenvalue weighted by Gasteiger charge is 2.24. The van der Waals surface area contributed by atoms with Gasteiger partial charge in [0.1, 0.15) is 5.58 Å². The predicted octanol–water partition coefficient (Wildman–Crippen LogP) is 6.78. The lowest BCUT2D eigenvalue weighted by molar-refractivity contribution is 0.559. The minimum absolute atomic E-state index is 0.192. The molecule has 1 aromatic heterocycles. The molecule has 0 spiro atoms. The standard InChI is InChI=1S/C24H16Cl2N2O2/c25-15-9-10-16(18(26)12-15)21-13-22(28-20-7-3-2-6-19(20)27-21)17-11-14-5-1-4-8-23(14)30-24(17)29/h1-12,21,27H,13H2. The van der Waals surface area contributed by atoms with Gasteiger partial charge in [0.2, 0.25) is 0 Å². The molecular weight excluding hydrogens is 419 g/mol. The van der Waals surface area contributed by atoms with Crippen LogP contribution in [0.4, 0.5) is 11.4 Å². The summed E-state index contributed by atoms with van der Waals surface area (Å²) in [6.45, 7) is 0. The molecule has 3 aromatic carbocycles. The zero-order chi connectivity index (χ0) is 20.7. The molecule has 4 nitrogen and oxygen atoms in total. The van der Waals surface area contributed by atoms with Gasteiger partial charge in [-0.1, -0.05) is 59.6 Å². The van der Waals surface area contributed by atoms with Crippen molar-refractivity contribution in [1.82, 2.24) is 0 Å². The van der Waals surface area contributed by atoms with E-state index in [0.717, 1.165) is 22.3 Å². The van der Waals surface area contributed by atoms with Gasteiger partial charge in [-0.15, -0.1) is 0 Å². The van der Waals surface area contributed by atoms with Crippen molar-refractivity contribution in [3.63, 3.8) is 0 Å². The first kappa shape index (κ1) is 18.9. The maximum atomic E-state index is 12.8. The molecule has 30 heavy (non-hydrogen) atoms. The molecule has 4 aromatic rings. The molecule has 0 radical (unpaired) electrons. The highest BCUT2D eigenvalue weighted by atomic mass is 35.5. The fourth-order valence-corrected chi connectivity index (χ4v) is 4.26. The summed E-state index contributed by atoms with van der Waals surface area (Å²) in [4.78, 5) is 17.6. The molecular formula is C24H16Cl2N2O2. The number of benzene rings is 3. The van der Waals surface area contributed by atoms with Crippen molar-refractivity contribution >= 4 is 51.3 Å². The maximum Gasteiger partial charge on any atom is 0.345 e. The highest BCUT2D eigenvalue weighted by molar-refractivity contribution is 6.35. The fraction of sp³-hybridized carbons (Fsp3) is 0.0833. The maximum absolute atomic E-state index is 12.8. The Morgan fingerprint density at radius 1 is 0.967 bits per heavy atom. The average molecular weight is 435 g/mol. The summed E-state index contributed by atoms with van der Waals surface area (Å²) in [7, 11) is 0. The van der Waals surface area contributed by atoms with Gasteiger partial charge in [-0.05, 0) is 42.0 Å². The van der Waals surface area contributed by atoms with Gasteiger partial charge >= 0.3 is 5.63 Å². The van der Waals surface area contributed by atoms with Crippen molar-refractivity contribution in [3.05, 3.63) is 104 Å². The Morgan fingerprint density at radius 3 is 2.63 bits per heavy atom. The van der Waals surface area contributed by atoms with Crippen molar-refractivity contribution in [2.45, 2.75) is 12.5 Å². The molecule has 2 heterocycles. The molecule has 1 aliphatic heterocycles. The molecule has 0 amide bonds. The van der Waals surface area contributed by atoms with E-state index in [1.807, 2.05) is 60.7 Å². The SMILES string of the molecule is O=c1oc2ccccc2cc1C1=Nc2ccccc2NC(c2ccc(Cl)cc2Cl)C1. The number of nitrogens with one attached hydrogen (secondary N) is 1. The third-order valence-corrected chi connectivity index (χ3v) is 5.74. The number of nitrogens with zero attached hydrogens (tertiary/aromatic N) is 1. The van der Waals surface area contributed by atoms with Gasteiger partial charge in [0, 0.05) is 21.9 Å². The molecule has 5 rings (SSSR count). The van der Waals surface area contributed by atoms with Crippen molar-refractivity contribution in [2.24, 2.45) is 4.99 Å². The lowest BCUT2D eigenvalue weighted by Crippen LogP contribution is -2.19. The van der Waals surface area contributed by atoms with E-state index < -0.39 is 5.63 Å². The highest BCUT2D eigenvalue weighted by Crippen LogP contribution is 2.37. The van der Waals surface area contributed by atoms with Gasteiger partial charge in [0.25, 0.3) is 0 Å². The molecule has 1 aliphatic rings. The minimum Gasteiger partial charge on any atom is -0.422 e. The zero-order valence-corrected chi connectivity index (χ0v) is 17.2. The van der Waals surface area contributed by atoms with Crippen molar-refractivity contribution < 1.29 is 4.42 Å². The van der Waals surface area contributed by atoms with Crippen LogP contribution < -0.4 is 10.9 Å². The molecule has 0 saturated carbocycles. The second-order valence-electron chi connectivity index (χ2n) is 7.13. The zero-order valence-electron chi connectivity index (χ0n) is 15.7. The van der Waals surface area contributed by atoms with E-state index in [9.17, 15) is 4.79 Å². The smallest absolute Gasteiger partial charge is 0.345 e. The number of halogens is 2. The summed E-state index contributed by atoms with van der Waals surface area (Å²) >= 11 is 12.6. The van der Waals surface area contributed by atoms with E-state index in [0.29, 0.717) is 33.3 Å². The van der Waals surface area contributed by atoms with Crippen LogP contribution in [0.25, 0.3) is 11.0 Å². The van der Waals surface area contributed by atoms with E-state index in [2.05, 4.69) is 5.32 Å². The first-order valence-electron chi connectivity index (χ1n) is 9.50. The fourth-order valence-electron chi connectivity index (χ4n) is 3.72. The number of hydrogen-bond donors (Lipinski definition) is 1. The number of rotatable bonds is 2. The molecule has 1 N–H and O–H groups in total. The summed E-state index contributed by atoms with van der Waals surface area (Å²) in [5.41, 5.74) is 3.74. The minimum atomic E-state index is -0.409. The quantitative estimate of drug-likeness (QED) is 0.353. The molecule has 148 valence electrons. The summed E-state index contributed by atoms with van der Waals surface area (Å²) < 4.78 is 5.55. The van der Waals surface area contributed by atoms with E-state index >= 15 is 0 Å². The lowest BCUT2D eigenvalue weighted by atomic mass is 9.97. The Balaban J connectivity index is 1.68. The van der Waals surface area contributed by atoms with Crippen LogP contribution in [0.5, 0.6) is 0 Å². The molecule has 1 unspecified atom stereocenters. The van der Waals surface area contributed by atoms with Gasteiger partial charge in [0.05, 0.1) is 28.7 Å². The molecule has 0 saturated heterocycles. The monoisotopic (exact) mass is 434 g/mol. The first-order chi connectivity index (χ1) is 14.6. The normalized spacial score (nSPS) is 15.8. The van der Waals surface area contributed by atoms with E-state index in [1.165, 1.54) is 0 Å². The third kappa shape index (κ3) is 3.49. The van der Waals surface area contributed by atoms with Crippen molar-refractivity contribution in [2.75, 3.05) is 5.32 Å². The molecule has 6 heteroatoms. The van der Waals surface area contributed by atoms with E-state index in [-0.39, 0.29) is 6.04 Å². The van der Waals surface area contributed by atoms with Crippen LogP contribution >= 0.6 is 23.2 Å². The second kappa shape index (κ2) is 7.63. The molecule has 0 aliphatic carbocycles. The number of aliphatic imine (C=N–C) groups is 1. The average Bonchev–Trinajstić information content (AvgIpc) is 2.92. The Morgan fingerprint density at radius 2 is 1.77 bits per heavy atom. The Bertz CT molecular complexity index is 1360. The van der Waals surface area contributed by atoms with Crippen molar-refractivity contribution in [1.29, 1.82) is 0 Å². The summed E-state index contributed by atoms with van der Waals surface area (Å²) in [5.74, 6) is 0. The van der Waals surface area contributed by atoms with Crippen LogP contribution in [0, 0.1) is 0 Å². The Labute approximate surface area is 182 Å². The van der Waals surface area contributed by atoms with Gasteiger partial charge in [-0.2, -0.15) is 0 Å². The van der Waals surface area contributed by atoms with Gasteiger partial charge in [-0.3, -0.25) is 4.99 Å². The third-order valence-electron chi connectivity index (χ3n) is 5.18. The van der Waals surface area contributed by atoms with Crippen molar-refractivity contribution in [3.8, 4) is 0 Å². The second-order valence-corrected chi connectivity index (χ2v) is 7.97. The van der Waals surface area contributed by atoms with Crippen LogP contribution in [-0.2, 0) is 0 Å². The molecule has 0 bridgehead atoms. The molecule has 0 fully saturated rings. The first-order valence-corrected chi connectivity index (χ1v) is 10.3. The number of anilines is 1. The van der Waals surface area contributed by atoms with E-state index in [1.54, 1.807) is 12.1 Å². The van der Waals surface area contributed by atoms with Gasteiger partial charge in [0.15, 0.2) is 0 Å². The predicted molar refractivity (Wildman–Crippen MR) is 123 cm³/mol. The summed E-state index contributed by atoms with van der Waals surface area (Å²) in [5, 5.41) is 5.50. The van der Waals surface area contributed by atoms with Gasteiger partial charge in [-0.25, -0.2) is 4.79 Å². The topological polar surface area (TPSA) is 54.6 Å². The van der Waals surface area contributed by atoms with Crippen LogP contribution in [0.3, 0.4) is 0 Å². The summed E-state index contributed by atoms with van der Waals surface area (Å²) in [6, 6.07) is 22.3. The molecule has 1 atom stereocenters.